The topological polar surface area (TPSA) is 57.9 Å². The number of ether oxygens (including phenoxy) is 1. The van der Waals surface area contributed by atoms with Crippen LogP contribution in [0.3, 0.4) is 0 Å². The molecule has 18 heavy (non-hydrogen) atoms. The van der Waals surface area contributed by atoms with Crippen molar-refractivity contribution in [2.75, 3.05) is 12.4 Å². The molecule has 0 fully saturated rings. The second kappa shape index (κ2) is 5.69. The quantitative estimate of drug-likeness (QED) is 0.890. The summed E-state index contributed by atoms with van der Waals surface area (Å²) in [7, 11) is 1.64. The summed E-state index contributed by atoms with van der Waals surface area (Å²) < 4.78 is 5.16. The Morgan fingerprint density at radius 1 is 1.33 bits per heavy atom. The highest BCUT2D eigenvalue weighted by Crippen LogP contribution is 2.14. The second-order valence-electron chi connectivity index (χ2n) is 3.75. The van der Waals surface area contributed by atoms with Crippen LogP contribution in [0.2, 0.25) is 0 Å². The van der Waals surface area contributed by atoms with Gasteiger partial charge in [-0.3, -0.25) is 0 Å². The van der Waals surface area contributed by atoms with Gasteiger partial charge >= 0.3 is 0 Å². The number of nitrogens with zero attached hydrogens (tertiary/aromatic N) is 2. The molecule has 0 aliphatic heterocycles. The Bertz CT molecular complexity index is 575. The molecule has 1 aromatic carbocycles. The summed E-state index contributed by atoms with van der Waals surface area (Å²) in [6, 6.07) is 13.3. The molecule has 0 spiro atoms. The van der Waals surface area contributed by atoms with Crippen LogP contribution in [-0.4, -0.2) is 12.1 Å². The zero-order valence-electron chi connectivity index (χ0n) is 10.1. The molecule has 0 bridgehead atoms. The van der Waals surface area contributed by atoms with Gasteiger partial charge in [0.25, 0.3) is 0 Å². The normalized spacial score (nSPS) is 9.56. The Kier molecular flexibility index (Phi) is 3.77. The average Bonchev–Trinajstić information content (AvgIpc) is 2.45. The third-order valence-corrected chi connectivity index (χ3v) is 2.50. The fraction of sp³-hybridized carbons (Fsp3) is 0.143. The Balaban J connectivity index is 2.04. The van der Waals surface area contributed by atoms with Gasteiger partial charge in [0, 0.05) is 12.7 Å². The molecule has 4 heteroatoms. The number of aromatic nitrogens is 1. The van der Waals surface area contributed by atoms with Gasteiger partial charge in [-0.1, -0.05) is 12.1 Å². The van der Waals surface area contributed by atoms with Gasteiger partial charge in [-0.15, -0.1) is 0 Å². The summed E-state index contributed by atoms with van der Waals surface area (Å²) in [4.78, 5) is 4.15. The molecule has 0 radical (unpaired) electrons. The van der Waals surface area contributed by atoms with E-state index in [-0.39, 0.29) is 0 Å². The van der Waals surface area contributed by atoms with Gasteiger partial charge in [0.05, 0.1) is 18.7 Å². The Hall–Kier alpha value is -2.54. The van der Waals surface area contributed by atoms with Gasteiger partial charge < -0.3 is 10.1 Å². The zero-order chi connectivity index (χ0) is 12.8. The standard InChI is InChI=1S/C14H13N3O/c1-18-13-4-2-3-12(7-13)10-17-14-8-11(9-15)5-6-16-14/h2-8H,10H2,1H3,(H,16,17). The number of nitriles is 1. The van der Waals surface area contributed by atoms with E-state index in [1.54, 1.807) is 25.4 Å². The molecule has 0 saturated heterocycles. The summed E-state index contributed by atoms with van der Waals surface area (Å²) in [5, 5.41) is 12.0. The lowest BCUT2D eigenvalue weighted by atomic mass is 10.2. The first-order chi connectivity index (χ1) is 8.81. The first-order valence-electron chi connectivity index (χ1n) is 5.55. The van der Waals surface area contributed by atoms with Crippen molar-refractivity contribution in [1.29, 1.82) is 5.26 Å². The number of rotatable bonds is 4. The van der Waals surface area contributed by atoms with Crippen molar-refractivity contribution in [3.8, 4) is 11.8 Å². The molecule has 2 rings (SSSR count). The van der Waals surface area contributed by atoms with E-state index in [1.165, 1.54) is 0 Å². The minimum absolute atomic E-state index is 0.596. The van der Waals surface area contributed by atoms with Gasteiger partial charge in [-0.05, 0) is 29.8 Å². The smallest absolute Gasteiger partial charge is 0.127 e. The van der Waals surface area contributed by atoms with E-state index in [2.05, 4.69) is 16.4 Å². The number of anilines is 1. The Morgan fingerprint density at radius 3 is 3.00 bits per heavy atom. The summed E-state index contributed by atoms with van der Waals surface area (Å²) in [5.41, 5.74) is 1.69. The number of pyridine rings is 1. The van der Waals surface area contributed by atoms with E-state index in [0.717, 1.165) is 11.3 Å². The molecule has 0 saturated carbocycles. The van der Waals surface area contributed by atoms with Crippen LogP contribution in [0.4, 0.5) is 5.82 Å². The van der Waals surface area contributed by atoms with Gasteiger partial charge in [-0.2, -0.15) is 5.26 Å². The van der Waals surface area contributed by atoms with Crippen molar-refractivity contribution in [2.45, 2.75) is 6.54 Å². The van der Waals surface area contributed by atoms with Crippen molar-refractivity contribution in [3.05, 3.63) is 53.7 Å². The number of nitrogens with one attached hydrogen (secondary N) is 1. The van der Waals surface area contributed by atoms with Crippen LogP contribution >= 0.6 is 0 Å². The maximum absolute atomic E-state index is 8.79. The van der Waals surface area contributed by atoms with Gasteiger partial charge in [-0.25, -0.2) is 4.98 Å². The maximum atomic E-state index is 8.79. The molecule has 0 amide bonds. The van der Waals surface area contributed by atoms with E-state index in [9.17, 15) is 0 Å². The van der Waals surface area contributed by atoms with Crippen LogP contribution in [0, 0.1) is 11.3 Å². The average molecular weight is 239 g/mol. The lowest BCUT2D eigenvalue weighted by Gasteiger charge is -2.07. The molecule has 0 aliphatic carbocycles. The molecular formula is C14H13N3O. The van der Waals surface area contributed by atoms with E-state index in [0.29, 0.717) is 17.9 Å². The van der Waals surface area contributed by atoms with Crippen LogP contribution in [0.25, 0.3) is 0 Å². The fourth-order valence-corrected chi connectivity index (χ4v) is 1.57. The first-order valence-corrected chi connectivity index (χ1v) is 5.55. The maximum Gasteiger partial charge on any atom is 0.127 e. The van der Waals surface area contributed by atoms with Crippen molar-refractivity contribution in [1.82, 2.24) is 4.98 Å². The Labute approximate surface area is 106 Å². The van der Waals surface area contributed by atoms with Gasteiger partial charge in [0.1, 0.15) is 11.6 Å². The van der Waals surface area contributed by atoms with Crippen molar-refractivity contribution in [2.24, 2.45) is 0 Å². The Morgan fingerprint density at radius 2 is 2.22 bits per heavy atom. The third-order valence-electron chi connectivity index (χ3n) is 2.50. The predicted molar refractivity (Wildman–Crippen MR) is 69.3 cm³/mol. The molecule has 0 unspecified atom stereocenters. The fourth-order valence-electron chi connectivity index (χ4n) is 1.57. The predicted octanol–water partition coefficient (Wildman–Crippen LogP) is 2.57. The van der Waals surface area contributed by atoms with E-state index in [1.807, 2.05) is 24.3 Å². The minimum Gasteiger partial charge on any atom is -0.497 e. The summed E-state index contributed by atoms with van der Waals surface area (Å²) in [6.45, 7) is 0.638. The van der Waals surface area contributed by atoms with Crippen LogP contribution < -0.4 is 10.1 Å². The molecule has 90 valence electrons. The second-order valence-corrected chi connectivity index (χ2v) is 3.75. The third kappa shape index (κ3) is 2.98. The van der Waals surface area contributed by atoms with E-state index >= 15 is 0 Å². The van der Waals surface area contributed by atoms with Crippen LogP contribution in [0.5, 0.6) is 5.75 Å². The number of hydrogen-bond acceptors (Lipinski definition) is 4. The van der Waals surface area contributed by atoms with E-state index < -0.39 is 0 Å². The largest absolute Gasteiger partial charge is 0.497 e. The molecule has 1 heterocycles. The molecule has 4 nitrogen and oxygen atoms in total. The molecule has 1 aromatic heterocycles. The summed E-state index contributed by atoms with van der Waals surface area (Å²) >= 11 is 0. The summed E-state index contributed by atoms with van der Waals surface area (Å²) in [5.74, 6) is 1.52. The van der Waals surface area contributed by atoms with Gasteiger partial charge in [0.2, 0.25) is 0 Å². The van der Waals surface area contributed by atoms with E-state index in [4.69, 9.17) is 10.00 Å². The molecular weight excluding hydrogens is 226 g/mol. The molecule has 0 atom stereocenters. The highest BCUT2D eigenvalue weighted by Gasteiger charge is 1.98. The van der Waals surface area contributed by atoms with Crippen molar-refractivity contribution < 1.29 is 4.74 Å². The first kappa shape index (κ1) is 11.9. The lowest BCUT2D eigenvalue weighted by Crippen LogP contribution is -2.01. The van der Waals surface area contributed by atoms with Crippen LogP contribution in [-0.2, 0) is 6.54 Å². The molecule has 1 N–H and O–H groups in total. The highest BCUT2D eigenvalue weighted by atomic mass is 16.5. The number of hydrogen-bond donors (Lipinski definition) is 1. The monoisotopic (exact) mass is 239 g/mol. The van der Waals surface area contributed by atoms with Crippen molar-refractivity contribution >= 4 is 5.82 Å². The lowest BCUT2D eigenvalue weighted by molar-refractivity contribution is 0.414. The van der Waals surface area contributed by atoms with Crippen molar-refractivity contribution in [3.63, 3.8) is 0 Å². The molecule has 0 aliphatic rings. The zero-order valence-corrected chi connectivity index (χ0v) is 10.1. The minimum atomic E-state index is 0.596. The highest BCUT2D eigenvalue weighted by molar-refractivity contribution is 5.43. The molecule has 2 aromatic rings. The van der Waals surface area contributed by atoms with Crippen LogP contribution in [0.1, 0.15) is 11.1 Å². The van der Waals surface area contributed by atoms with Gasteiger partial charge in [0.15, 0.2) is 0 Å². The summed E-state index contributed by atoms with van der Waals surface area (Å²) in [6.07, 6.45) is 1.62. The number of methoxy groups -OCH3 is 1. The van der Waals surface area contributed by atoms with Crippen LogP contribution in [0.15, 0.2) is 42.6 Å². The SMILES string of the molecule is COc1cccc(CNc2cc(C#N)ccn2)c1. The number of benzene rings is 1.